The highest BCUT2D eigenvalue weighted by Crippen LogP contribution is 2.16. The maximum atomic E-state index is 13.0. The third-order valence-corrected chi connectivity index (χ3v) is 1.79. The van der Waals surface area contributed by atoms with Crippen LogP contribution in [0, 0.1) is 5.82 Å². The Morgan fingerprint density at radius 2 is 2.31 bits per heavy atom. The van der Waals surface area contributed by atoms with E-state index in [9.17, 15) is 9.18 Å². The Bertz CT molecular complexity index is 347. The Hall–Kier alpha value is -1.15. The molecule has 0 heterocycles. The zero-order valence-corrected chi connectivity index (χ0v) is 7.64. The fourth-order valence-corrected chi connectivity index (χ4v) is 1.12. The monoisotopic (exact) mass is 198 g/mol. The summed E-state index contributed by atoms with van der Waals surface area (Å²) in [6.07, 6.45) is 1.56. The Labute approximate surface area is 80.8 Å². The van der Waals surface area contributed by atoms with Crippen LogP contribution in [-0.4, -0.2) is 5.78 Å². The number of hydrogen-bond donors (Lipinski definition) is 0. The minimum absolute atomic E-state index is 0.0207. The fraction of sp³-hybridized carbons (Fsp3) is 0.100. The van der Waals surface area contributed by atoms with Crippen LogP contribution >= 0.6 is 11.6 Å². The van der Waals surface area contributed by atoms with E-state index in [0.717, 1.165) is 0 Å². The van der Waals surface area contributed by atoms with Crippen molar-refractivity contribution in [2.75, 3.05) is 0 Å². The molecule has 0 bridgehead atoms. The lowest BCUT2D eigenvalue weighted by molar-refractivity contribution is 0.0992. The third kappa shape index (κ3) is 2.39. The van der Waals surface area contributed by atoms with Gasteiger partial charge >= 0.3 is 0 Å². The molecular weight excluding hydrogens is 191 g/mol. The Kier molecular flexibility index (Phi) is 3.20. The number of Topliss-reactive ketones (excluding diaryl/α,β-unsaturated/α-hetero) is 1. The molecule has 0 unspecified atom stereocenters. The van der Waals surface area contributed by atoms with Gasteiger partial charge in [-0.3, -0.25) is 4.79 Å². The topological polar surface area (TPSA) is 17.1 Å². The highest BCUT2D eigenvalue weighted by atomic mass is 35.5. The lowest BCUT2D eigenvalue weighted by Crippen LogP contribution is -2.00. The normalized spacial score (nSPS) is 9.69. The molecule has 0 radical (unpaired) electrons. The number of benzene rings is 1. The predicted molar refractivity (Wildman–Crippen MR) is 50.6 cm³/mol. The summed E-state index contributed by atoms with van der Waals surface area (Å²) in [5.74, 6) is -0.855. The van der Waals surface area contributed by atoms with E-state index < -0.39 is 5.82 Å². The second kappa shape index (κ2) is 4.19. The maximum Gasteiger partial charge on any atom is 0.169 e. The first-order valence-electron chi connectivity index (χ1n) is 3.74. The van der Waals surface area contributed by atoms with Crippen LogP contribution in [-0.2, 0) is 0 Å². The molecule has 0 aliphatic carbocycles. The SMILES string of the molecule is C=CCC(=O)c1cc(Cl)ccc1F. The van der Waals surface area contributed by atoms with Crippen molar-refractivity contribution in [1.29, 1.82) is 0 Å². The predicted octanol–water partition coefficient (Wildman–Crippen LogP) is 3.24. The van der Waals surface area contributed by atoms with E-state index in [-0.39, 0.29) is 17.8 Å². The highest BCUT2D eigenvalue weighted by molar-refractivity contribution is 6.31. The van der Waals surface area contributed by atoms with Crippen LogP contribution in [0.5, 0.6) is 0 Å². The van der Waals surface area contributed by atoms with Crippen molar-refractivity contribution in [1.82, 2.24) is 0 Å². The molecular formula is C10H8ClFO. The van der Waals surface area contributed by atoms with Crippen molar-refractivity contribution < 1.29 is 9.18 Å². The minimum atomic E-state index is -0.545. The number of halogens is 2. The van der Waals surface area contributed by atoms with Gasteiger partial charge in [0.15, 0.2) is 5.78 Å². The molecule has 0 saturated carbocycles. The summed E-state index contributed by atoms with van der Waals surface area (Å²) < 4.78 is 13.0. The van der Waals surface area contributed by atoms with Gasteiger partial charge in [0.2, 0.25) is 0 Å². The summed E-state index contributed by atoms with van der Waals surface area (Å²) in [5, 5.41) is 0.355. The van der Waals surface area contributed by atoms with Crippen LogP contribution in [0.2, 0.25) is 5.02 Å². The summed E-state index contributed by atoms with van der Waals surface area (Å²) in [6, 6.07) is 3.91. The molecule has 13 heavy (non-hydrogen) atoms. The molecule has 0 N–H and O–H groups in total. The molecule has 68 valence electrons. The summed E-state index contributed by atoms with van der Waals surface area (Å²) in [5.41, 5.74) is 0.0207. The van der Waals surface area contributed by atoms with Gasteiger partial charge < -0.3 is 0 Å². The summed E-state index contributed by atoms with van der Waals surface area (Å²) in [4.78, 5) is 11.2. The molecule has 0 fully saturated rings. The Morgan fingerprint density at radius 3 is 2.92 bits per heavy atom. The van der Waals surface area contributed by atoms with Gasteiger partial charge in [-0.05, 0) is 18.2 Å². The van der Waals surface area contributed by atoms with Gasteiger partial charge in [-0.1, -0.05) is 17.7 Å². The van der Waals surface area contributed by atoms with E-state index in [1.54, 1.807) is 0 Å². The van der Waals surface area contributed by atoms with Gasteiger partial charge in [0.05, 0.1) is 5.56 Å². The average Bonchev–Trinajstić information content (AvgIpc) is 2.09. The van der Waals surface area contributed by atoms with Crippen LogP contribution in [0.3, 0.4) is 0 Å². The molecule has 0 saturated heterocycles. The largest absolute Gasteiger partial charge is 0.294 e. The van der Waals surface area contributed by atoms with Gasteiger partial charge in [-0.25, -0.2) is 4.39 Å². The molecule has 0 aromatic heterocycles. The zero-order chi connectivity index (χ0) is 9.84. The lowest BCUT2D eigenvalue weighted by atomic mass is 10.1. The smallest absolute Gasteiger partial charge is 0.169 e. The summed E-state index contributed by atoms with van der Waals surface area (Å²) >= 11 is 5.62. The van der Waals surface area contributed by atoms with Crippen molar-refractivity contribution in [3.05, 3.63) is 47.3 Å². The number of rotatable bonds is 3. The minimum Gasteiger partial charge on any atom is -0.294 e. The fourth-order valence-electron chi connectivity index (χ4n) is 0.952. The summed E-state index contributed by atoms with van der Waals surface area (Å²) in [7, 11) is 0. The second-order valence-electron chi connectivity index (χ2n) is 2.54. The van der Waals surface area contributed by atoms with Crippen molar-refractivity contribution >= 4 is 17.4 Å². The number of ketones is 1. The van der Waals surface area contributed by atoms with Gasteiger partial charge in [-0.2, -0.15) is 0 Å². The summed E-state index contributed by atoms with van der Waals surface area (Å²) in [6.45, 7) is 3.40. The molecule has 3 heteroatoms. The highest BCUT2D eigenvalue weighted by Gasteiger charge is 2.09. The molecule has 0 spiro atoms. The average molecular weight is 199 g/mol. The van der Waals surface area contributed by atoms with Crippen molar-refractivity contribution in [2.24, 2.45) is 0 Å². The third-order valence-electron chi connectivity index (χ3n) is 1.56. The van der Waals surface area contributed by atoms with Gasteiger partial charge in [0.25, 0.3) is 0 Å². The van der Waals surface area contributed by atoms with Crippen molar-refractivity contribution in [3.63, 3.8) is 0 Å². The molecule has 1 aromatic rings. The van der Waals surface area contributed by atoms with E-state index in [0.29, 0.717) is 5.02 Å². The number of carbonyl (C=O) groups is 1. The molecule has 0 aliphatic heterocycles. The van der Waals surface area contributed by atoms with E-state index in [2.05, 4.69) is 6.58 Å². The van der Waals surface area contributed by atoms with E-state index >= 15 is 0 Å². The molecule has 0 atom stereocenters. The number of allylic oxidation sites excluding steroid dienone is 1. The van der Waals surface area contributed by atoms with Crippen LogP contribution < -0.4 is 0 Å². The first-order valence-corrected chi connectivity index (χ1v) is 4.12. The number of hydrogen-bond acceptors (Lipinski definition) is 1. The van der Waals surface area contributed by atoms with Crippen LogP contribution in [0.25, 0.3) is 0 Å². The van der Waals surface area contributed by atoms with Crippen molar-refractivity contribution in [3.8, 4) is 0 Å². The zero-order valence-electron chi connectivity index (χ0n) is 6.89. The van der Waals surface area contributed by atoms with E-state index in [4.69, 9.17) is 11.6 Å². The van der Waals surface area contributed by atoms with Gasteiger partial charge in [0.1, 0.15) is 5.82 Å². The molecule has 1 aromatic carbocycles. The second-order valence-corrected chi connectivity index (χ2v) is 2.98. The first-order chi connectivity index (χ1) is 6.15. The quantitative estimate of drug-likeness (QED) is 0.538. The number of carbonyl (C=O) groups excluding carboxylic acids is 1. The van der Waals surface area contributed by atoms with Gasteiger partial charge in [-0.15, -0.1) is 6.58 Å². The van der Waals surface area contributed by atoms with Crippen LogP contribution in [0.15, 0.2) is 30.9 Å². The standard InChI is InChI=1S/C10H8ClFO/c1-2-3-10(13)8-6-7(11)4-5-9(8)12/h2,4-6H,1,3H2. The van der Waals surface area contributed by atoms with E-state index in [1.165, 1.54) is 24.3 Å². The lowest BCUT2D eigenvalue weighted by Gasteiger charge is -2.00. The Balaban J connectivity index is 3.05. The van der Waals surface area contributed by atoms with Crippen molar-refractivity contribution in [2.45, 2.75) is 6.42 Å². The molecule has 1 nitrogen and oxygen atoms in total. The first kappa shape index (κ1) is 9.93. The molecule has 0 amide bonds. The van der Waals surface area contributed by atoms with Gasteiger partial charge in [0, 0.05) is 11.4 Å². The van der Waals surface area contributed by atoms with Crippen LogP contribution in [0.4, 0.5) is 4.39 Å². The maximum absolute atomic E-state index is 13.0. The molecule has 1 rings (SSSR count). The Morgan fingerprint density at radius 1 is 1.62 bits per heavy atom. The molecule has 0 aliphatic rings. The van der Waals surface area contributed by atoms with Crippen LogP contribution in [0.1, 0.15) is 16.8 Å². The van der Waals surface area contributed by atoms with E-state index in [1.807, 2.05) is 0 Å².